The molecule has 25 heavy (non-hydrogen) atoms. The Morgan fingerprint density at radius 3 is 2.12 bits per heavy atom. The van der Waals surface area contributed by atoms with Gasteiger partial charge in [0.2, 0.25) is 0 Å². The van der Waals surface area contributed by atoms with Crippen LogP contribution in [0.2, 0.25) is 0 Å². The zero-order valence-corrected chi connectivity index (χ0v) is 14.5. The molecule has 0 aliphatic carbocycles. The molecule has 3 heteroatoms. The lowest BCUT2D eigenvalue weighted by atomic mass is 9.82. The van der Waals surface area contributed by atoms with Crippen molar-refractivity contribution in [3.8, 4) is 0 Å². The van der Waals surface area contributed by atoms with E-state index in [9.17, 15) is 5.21 Å². The molecule has 0 saturated carbocycles. The van der Waals surface area contributed by atoms with Gasteiger partial charge in [-0.3, -0.25) is 5.21 Å². The maximum absolute atomic E-state index is 12.6. The average molecular weight is 333 g/mol. The van der Waals surface area contributed by atoms with Crippen LogP contribution < -0.4 is 0 Å². The molecule has 0 N–H and O–H groups in total. The van der Waals surface area contributed by atoms with Crippen molar-refractivity contribution >= 4 is 16.9 Å². The third-order valence-corrected chi connectivity index (χ3v) is 4.64. The van der Waals surface area contributed by atoms with Crippen molar-refractivity contribution in [1.82, 2.24) is 0 Å². The number of benzene rings is 2. The van der Waals surface area contributed by atoms with E-state index >= 15 is 0 Å². The summed E-state index contributed by atoms with van der Waals surface area (Å²) < 4.78 is 0. The van der Waals surface area contributed by atoms with Gasteiger partial charge >= 0.3 is 0 Å². The van der Waals surface area contributed by atoms with Crippen molar-refractivity contribution in [1.29, 1.82) is 0 Å². The second-order valence-corrected chi connectivity index (χ2v) is 6.30. The highest BCUT2D eigenvalue weighted by atomic mass is 16.9. The van der Waals surface area contributed by atoms with Crippen LogP contribution >= 0.6 is 0 Å². The molecule has 1 aliphatic heterocycles. The van der Waals surface area contributed by atoms with Gasteiger partial charge in [0.15, 0.2) is 0 Å². The van der Waals surface area contributed by atoms with Crippen LogP contribution in [0.1, 0.15) is 30.9 Å². The second kappa shape index (κ2) is 7.39. The zero-order chi connectivity index (χ0) is 17.8. The Bertz CT molecular complexity index is 793. The summed E-state index contributed by atoms with van der Waals surface area (Å²) in [6, 6.07) is 19.6. The van der Waals surface area contributed by atoms with E-state index in [-0.39, 0.29) is 12.0 Å². The molecule has 0 saturated heterocycles. The molecule has 2 aromatic rings. The molecular formula is C22H23NO2. The Morgan fingerprint density at radius 1 is 1.00 bits per heavy atom. The van der Waals surface area contributed by atoms with Gasteiger partial charge in [-0.2, -0.15) is 0 Å². The van der Waals surface area contributed by atoms with Crippen LogP contribution in [-0.4, -0.2) is 16.7 Å². The van der Waals surface area contributed by atoms with Crippen LogP contribution in [0.15, 0.2) is 73.8 Å². The Balaban J connectivity index is 1.92. The molecule has 3 rings (SSSR count). The quantitative estimate of drug-likeness (QED) is 0.690. The summed E-state index contributed by atoms with van der Waals surface area (Å²) in [4.78, 5) is 6.33. The number of allylic oxidation sites excluding steroid dienone is 1. The standard InChI is InChI=1S/C22H23NO2/c1-4-11-20-21(16(2)18-12-7-5-8-13-18)23(24)25-22(20)17(3)19-14-9-6-10-15-19/h5-10,12-15,20,22H,2-4,11H2,1H3/t20-,22+/m1/s1. The predicted molar refractivity (Wildman–Crippen MR) is 103 cm³/mol. The SMILES string of the molecule is C=C(C1=[N+]([O-])O[C@@H](C(=C)c2ccccc2)[C@@H]1CCC)c1ccccc1. The molecule has 3 nitrogen and oxygen atoms in total. The van der Waals surface area contributed by atoms with Crippen LogP contribution in [0.4, 0.5) is 0 Å². The fraction of sp³-hybridized carbons (Fsp3) is 0.227. The van der Waals surface area contributed by atoms with Crippen molar-refractivity contribution in [3.63, 3.8) is 0 Å². The number of hydrogen-bond acceptors (Lipinski definition) is 2. The van der Waals surface area contributed by atoms with Gasteiger partial charge in [-0.1, -0.05) is 87.2 Å². The molecule has 0 aromatic heterocycles. The summed E-state index contributed by atoms with van der Waals surface area (Å²) in [5.74, 6) is -0.0529. The molecule has 128 valence electrons. The third kappa shape index (κ3) is 3.36. The highest BCUT2D eigenvalue weighted by molar-refractivity contribution is 6.22. The van der Waals surface area contributed by atoms with Gasteiger partial charge in [0, 0.05) is 10.5 Å². The van der Waals surface area contributed by atoms with Crippen LogP contribution in [0.25, 0.3) is 11.1 Å². The van der Waals surface area contributed by atoms with Crippen molar-refractivity contribution in [2.45, 2.75) is 25.9 Å². The first kappa shape index (κ1) is 17.0. The highest BCUT2D eigenvalue weighted by Crippen LogP contribution is 2.36. The molecule has 0 unspecified atom stereocenters. The van der Waals surface area contributed by atoms with E-state index in [4.69, 9.17) is 4.84 Å². The van der Waals surface area contributed by atoms with Gasteiger partial charge in [0.25, 0.3) is 5.71 Å². The molecule has 2 aromatic carbocycles. The van der Waals surface area contributed by atoms with Crippen LogP contribution in [0.5, 0.6) is 0 Å². The summed E-state index contributed by atoms with van der Waals surface area (Å²) in [5.41, 5.74) is 4.09. The van der Waals surface area contributed by atoms with Gasteiger partial charge in [-0.05, 0) is 23.1 Å². The monoisotopic (exact) mass is 333 g/mol. The summed E-state index contributed by atoms with van der Waals surface area (Å²) >= 11 is 0. The van der Waals surface area contributed by atoms with Crippen molar-refractivity contribution < 1.29 is 9.74 Å². The molecule has 0 amide bonds. The lowest BCUT2D eigenvalue weighted by Crippen LogP contribution is -2.25. The van der Waals surface area contributed by atoms with Crippen LogP contribution in [0, 0.1) is 11.1 Å². The lowest BCUT2D eigenvalue weighted by molar-refractivity contribution is -0.736. The maximum Gasteiger partial charge on any atom is 0.256 e. The highest BCUT2D eigenvalue weighted by Gasteiger charge is 2.42. The van der Waals surface area contributed by atoms with Gasteiger partial charge < -0.3 is 4.84 Å². The average Bonchev–Trinajstić information content (AvgIpc) is 2.98. The molecule has 0 spiro atoms. The van der Waals surface area contributed by atoms with Crippen molar-refractivity contribution in [2.75, 3.05) is 0 Å². The number of nitrogens with zero attached hydrogens (tertiary/aromatic N) is 1. The third-order valence-electron chi connectivity index (χ3n) is 4.64. The summed E-state index contributed by atoms with van der Waals surface area (Å²) in [5, 5.41) is 12.6. The fourth-order valence-corrected chi connectivity index (χ4v) is 3.36. The van der Waals surface area contributed by atoms with Crippen molar-refractivity contribution in [3.05, 3.63) is 90.2 Å². The van der Waals surface area contributed by atoms with E-state index in [1.807, 2.05) is 60.7 Å². The number of hydrogen-bond donors (Lipinski definition) is 0. The van der Waals surface area contributed by atoms with E-state index in [2.05, 4.69) is 20.1 Å². The second-order valence-electron chi connectivity index (χ2n) is 6.30. The van der Waals surface area contributed by atoms with E-state index in [0.717, 1.165) is 35.1 Å². The topological polar surface area (TPSA) is 35.3 Å². The minimum absolute atomic E-state index is 0.0529. The lowest BCUT2D eigenvalue weighted by Gasteiger charge is -2.21. The van der Waals surface area contributed by atoms with Crippen molar-refractivity contribution in [2.24, 2.45) is 5.92 Å². The normalized spacial score (nSPS) is 19.6. The Labute approximate surface area is 149 Å². The molecular weight excluding hydrogens is 310 g/mol. The van der Waals surface area contributed by atoms with Crippen LogP contribution in [-0.2, 0) is 4.84 Å². The Hall–Kier alpha value is -2.81. The summed E-state index contributed by atoms with van der Waals surface area (Å²) in [6.07, 6.45) is 1.43. The zero-order valence-electron chi connectivity index (χ0n) is 14.5. The molecule has 2 atom stereocenters. The van der Waals surface area contributed by atoms with Gasteiger partial charge in [-0.15, -0.1) is 0 Å². The van der Waals surface area contributed by atoms with Gasteiger partial charge in [0.1, 0.15) is 6.10 Å². The number of rotatable bonds is 6. The maximum atomic E-state index is 12.6. The molecule has 0 radical (unpaired) electrons. The minimum atomic E-state index is -0.365. The van der Waals surface area contributed by atoms with E-state index < -0.39 is 0 Å². The molecule has 0 fully saturated rings. The largest absolute Gasteiger partial charge is 0.394 e. The van der Waals surface area contributed by atoms with E-state index in [1.165, 1.54) is 0 Å². The first-order chi connectivity index (χ1) is 12.1. The van der Waals surface area contributed by atoms with E-state index in [1.54, 1.807) is 0 Å². The Morgan fingerprint density at radius 2 is 1.56 bits per heavy atom. The van der Waals surface area contributed by atoms with Gasteiger partial charge in [-0.25, -0.2) is 0 Å². The fourth-order valence-electron chi connectivity index (χ4n) is 3.36. The molecule has 0 bridgehead atoms. The smallest absolute Gasteiger partial charge is 0.256 e. The first-order valence-corrected chi connectivity index (χ1v) is 8.63. The van der Waals surface area contributed by atoms with Gasteiger partial charge in [0.05, 0.1) is 5.92 Å². The summed E-state index contributed by atoms with van der Waals surface area (Å²) in [7, 11) is 0. The van der Waals surface area contributed by atoms with Crippen LogP contribution in [0.3, 0.4) is 0 Å². The van der Waals surface area contributed by atoms with E-state index in [0.29, 0.717) is 10.6 Å². The first-order valence-electron chi connectivity index (χ1n) is 8.63. The predicted octanol–water partition coefficient (Wildman–Crippen LogP) is 5.09. The molecule has 1 heterocycles. The Kier molecular flexibility index (Phi) is 5.03. The minimum Gasteiger partial charge on any atom is -0.394 e. The summed E-state index contributed by atoms with van der Waals surface area (Å²) in [6.45, 7) is 10.5. The molecule has 1 aliphatic rings.